The van der Waals surface area contributed by atoms with Crippen LogP contribution in [-0.2, 0) is 16.4 Å². The van der Waals surface area contributed by atoms with E-state index in [0.29, 0.717) is 11.4 Å². The molecule has 0 aromatic heterocycles. The van der Waals surface area contributed by atoms with Gasteiger partial charge in [0.15, 0.2) is 9.84 Å². The van der Waals surface area contributed by atoms with Gasteiger partial charge in [0.25, 0.3) is 0 Å². The summed E-state index contributed by atoms with van der Waals surface area (Å²) in [6.07, 6.45) is 3.02. The third-order valence-corrected chi connectivity index (χ3v) is 4.27. The molecule has 0 aliphatic rings. The fraction of sp³-hybridized carbons (Fsp3) is 0.533. The van der Waals surface area contributed by atoms with Crippen LogP contribution in [-0.4, -0.2) is 21.2 Å². The van der Waals surface area contributed by atoms with Crippen LogP contribution in [0.15, 0.2) is 29.2 Å². The van der Waals surface area contributed by atoms with Gasteiger partial charge in [0.2, 0.25) is 0 Å². The van der Waals surface area contributed by atoms with Gasteiger partial charge in [0.05, 0.1) is 16.4 Å². The zero-order chi connectivity index (χ0) is 15.2. The second-order valence-electron chi connectivity index (χ2n) is 5.69. The van der Waals surface area contributed by atoms with Gasteiger partial charge >= 0.3 is 0 Å². The highest BCUT2D eigenvalue weighted by Crippen LogP contribution is 2.20. The van der Waals surface area contributed by atoms with Crippen molar-refractivity contribution in [3.63, 3.8) is 0 Å². The van der Waals surface area contributed by atoms with Gasteiger partial charge in [0.1, 0.15) is 0 Å². The molecule has 0 unspecified atom stereocenters. The number of benzene rings is 1. The van der Waals surface area contributed by atoms with E-state index in [-0.39, 0.29) is 5.41 Å². The maximum Gasteiger partial charge on any atom is 0.175 e. The van der Waals surface area contributed by atoms with Gasteiger partial charge < -0.3 is 5.32 Å². The van der Waals surface area contributed by atoms with Crippen LogP contribution in [0.1, 0.15) is 32.3 Å². The molecule has 20 heavy (non-hydrogen) atoms. The van der Waals surface area contributed by atoms with Crippen LogP contribution in [0.5, 0.6) is 0 Å². The largest absolute Gasteiger partial charge is 0.313 e. The second-order valence-corrected chi connectivity index (χ2v) is 7.71. The third-order valence-electron chi connectivity index (χ3n) is 3.14. The Morgan fingerprint density at radius 1 is 1.25 bits per heavy atom. The Balaban J connectivity index is 2.35. The van der Waals surface area contributed by atoms with Gasteiger partial charge in [-0.15, -0.1) is 0 Å². The summed E-state index contributed by atoms with van der Waals surface area (Å²) in [6, 6.07) is 9.19. The molecule has 5 heteroatoms. The van der Waals surface area contributed by atoms with E-state index in [9.17, 15) is 8.42 Å². The molecule has 0 aliphatic heterocycles. The molecule has 0 heterocycles. The lowest BCUT2D eigenvalue weighted by Crippen LogP contribution is -2.17. The maximum absolute atomic E-state index is 11.3. The first-order valence-corrected chi connectivity index (χ1v) is 8.55. The van der Waals surface area contributed by atoms with Crippen molar-refractivity contribution in [1.82, 2.24) is 5.32 Å². The Morgan fingerprint density at radius 3 is 2.35 bits per heavy atom. The summed E-state index contributed by atoms with van der Waals surface area (Å²) < 4.78 is 22.6. The molecule has 1 aromatic rings. The average Bonchev–Trinajstić information content (AvgIpc) is 2.38. The summed E-state index contributed by atoms with van der Waals surface area (Å²) in [5.41, 5.74) is 0.788. The molecule has 0 amide bonds. The molecule has 0 bridgehead atoms. The molecule has 1 aromatic carbocycles. The lowest BCUT2D eigenvalue weighted by atomic mass is 9.90. The Bertz CT molecular complexity index is 569. The van der Waals surface area contributed by atoms with Gasteiger partial charge in [0, 0.05) is 12.8 Å². The summed E-state index contributed by atoms with van der Waals surface area (Å²) in [6.45, 7) is 5.43. The molecular weight excluding hydrogens is 272 g/mol. The summed E-state index contributed by atoms with van der Waals surface area (Å²) in [4.78, 5) is 0.344. The van der Waals surface area contributed by atoms with E-state index >= 15 is 0 Å². The molecule has 0 atom stereocenters. The smallest absolute Gasteiger partial charge is 0.175 e. The van der Waals surface area contributed by atoms with E-state index in [4.69, 9.17) is 5.26 Å². The van der Waals surface area contributed by atoms with Gasteiger partial charge in [-0.1, -0.05) is 12.1 Å². The number of nitrogens with zero attached hydrogens (tertiary/aromatic N) is 1. The predicted molar refractivity (Wildman–Crippen MR) is 79.9 cm³/mol. The van der Waals surface area contributed by atoms with E-state index < -0.39 is 9.84 Å². The predicted octanol–water partition coefficient (Wildman–Crippen LogP) is 2.51. The molecule has 1 rings (SSSR count). The monoisotopic (exact) mass is 294 g/mol. The van der Waals surface area contributed by atoms with Gasteiger partial charge in [-0.25, -0.2) is 8.42 Å². The van der Waals surface area contributed by atoms with Crippen molar-refractivity contribution in [2.75, 3.05) is 12.8 Å². The number of hydrogen-bond acceptors (Lipinski definition) is 4. The molecule has 0 saturated carbocycles. The van der Waals surface area contributed by atoms with E-state index in [1.165, 1.54) is 6.26 Å². The van der Waals surface area contributed by atoms with Crippen LogP contribution >= 0.6 is 0 Å². The van der Waals surface area contributed by atoms with Crippen molar-refractivity contribution in [3.8, 4) is 6.07 Å². The van der Waals surface area contributed by atoms with Gasteiger partial charge in [-0.3, -0.25) is 0 Å². The SMILES string of the molecule is CC(C)(C#N)CCCNCc1ccc(S(C)(=O)=O)cc1. The minimum absolute atomic E-state index is 0.265. The number of rotatable bonds is 7. The van der Waals surface area contributed by atoms with Crippen molar-refractivity contribution < 1.29 is 8.42 Å². The fourth-order valence-corrected chi connectivity index (χ4v) is 2.43. The maximum atomic E-state index is 11.3. The zero-order valence-electron chi connectivity index (χ0n) is 12.3. The van der Waals surface area contributed by atoms with Crippen LogP contribution in [0.4, 0.5) is 0 Å². The summed E-state index contributed by atoms with van der Waals surface area (Å²) in [5, 5.41) is 12.2. The quantitative estimate of drug-likeness (QED) is 0.784. The second kappa shape index (κ2) is 6.87. The number of sulfone groups is 1. The standard InChI is InChI=1S/C15H22N2O2S/c1-15(2,12-16)9-4-10-17-11-13-5-7-14(8-6-13)20(3,18)19/h5-8,17H,4,9-11H2,1-3H3. The third kappa shape index (κ3) is 5.72. The van der Waals surface area contributed by atoms with Crippen LogP contribution in [0.2, 0.25) is 0 Å². The van der Waals surface area contributed by atoms with Crippen molar-refractivity contribution in [2.45, 2.75) is 38.1 Å². The zero-order valence-corrected chi connectivity index (χ0v) is 13.1. The first-order chi connectivity index (χ1) is 9.24. The minimum atomic E-state index is -3.12. The van der Waals surface area contributed by atoms with E-state index in [1.807, 2.05) is 26.0 Å². The number of nitrogens with one attached hydrogen (secondary N) is 1. The van der Waals surface area contributed by atoms with E-state index in [1.54, 1.807) is 12.1 Å². The van der Waals surface area contributed by atoms with Crippen LogP contribution in [0, 0.1) is 16.7 Å². The Labute approximate surface area is 121 Å². The highest BCUT2D eigenvalue weighted by Gasteiger charge is 2.15. The van der Waals surface area contributed by atoms with Crippen molar-refractivity contribution >= 4 is 9.84 Å². The first-order valence-electron chi connectivity index (χ1n) is 6.65. The Hall–Kier alpha value is -1.38. The molecule has 110 valence electrons. The van der Waals surface area contributed by atoms with Gasteiger partial charge in [-0.05, 0) is 50.9 Å². The van der Waals surface area contributed by atoms with E-state index in [2.05, 4.69) is 11.4 Å². The molecule has 0 saturated heterocycles. The Morgan fingerprint density at radius 2 is 1.85 bits per heavy atom. The highest BCUT2D eigenvalue weighted by atomic mass is 32.2. The molecule has 0 radical (unpaired) electrons. The first kappa shape index (κ1) is 16.7. The van der Waals surface area contributed by atoms with Gasteiger partial charge in [-0.2, -0.15) is 5.26 Å². The molecular formula is C15H22N2O2S. The van der Waals surface area contributed by atoms with Crippen molar-refractivity contribution in [3.05, 3.63) is 29.8 Å². The summed E-state index contributed by atoms with van der Waals surface area (Å²) >= 11 is 0. The van der Waals surface area contributed by atoms with Crippen molar-refractivity contribution in [2.24, 2.45) is 5.41 Å². The summed E-state index contributed by atoms with van der Waals surface area (Å²) in [5.74, 6) is 0. The molecule has 0 fully saturated rings. The molecule has 0 spiro atoms. The fourth-order valence-electron chi connectivity index (χ4n) is 1.80. The number of hydrogen-bond donors (Lipinski definition) is 1. The molecule has 1 N–H and O–H groups in total. The lowest BCUT2D eigenvalue weighted by molar-refractivity contribution is 0.426. The molecule has 4 nitrogen and oxygen atoms in total. The summed E-state index contributed by atoms with van der Waals surface area (Å²) in [7, 11) is -3.12. The van der Waals surface area contributed by atoms with Crippen LogP contribution in [0.25, 0.3) is 0 Å². The average molecular weight is 294 g/mol. The van der Waals surface area contributed by atoms with Crippen LogP contribution in [0.3, 0.4) is 0 Å². The topological polar surface area (TPSA) is 70.0 Å². The van der Waals surface area contributed by atoms with E-state index in [0.717, 1.165) is 24.9 Å². The van der Waals surface area contributed by atoms with Crippen molar-refractivity contribution in [1.29, 1.82) is 5.26 Å². The highest BCUT2D eigenvalue weighted by molar-refractivity contribution is 7.90. The Kier molecular flexibility index (Phi) is 5.73. The normalized spacial score (nSPS) is 12.1. The molecule has 0 aliphatic carbocycles. The lowest BCUT2D eigenvalue weighted by Gasteiger charge is -2.14. The minimum Gasteiger partial charge on any atom is -0.313 e. The number of nitriles is 1. The van der Waals surface area contributed by atoms with Crippen LogP contribution < -0.4 is 5.32 Å².